The molecule has 3 rings (SSSR count). The van der Waals surface area contributed by atoms with Gasteiger partial charge in [-0.05, 0) is 30.0 Å². The molecule has 1 N–H and O–H groups in total. The van der Waals surface area contributed by atoms with Crippen molar-refractivity contribution >= 4 is 40.8 Å². The number of rotatable bonds is 5. The number of carboxylic acid groups (broad SMARTS) is 1. The maximum Gasteiger partial charge on any atom is 0.433 e. The van der Waals surface area contributed by atoms with Crippen molar-refractivity contribution in [2.24, 2.45) is 0 Å². The minimum atomic E-state index is -1.23. The molecule has 2 aromatic heterocycles. The summed E-state index contributed by atoms with van der Waals surface area (Å²) in [6.07, 6.45) is 1.18. The Morgan fingerprint density at radius 2 is 2.04 bits per heavy atom. The molecule has 2 heterocycles. The Morgan fingerprint density at radius 3 is 2.70 bits per heavy atom. The van der Waals surface area contributed by atoms with Crippen molar-refractivity contribution in [1.82, 2.24) is 4.98 Å². The molecule has 1 aromatic carbocycles. The number of aromatic nitrogens is 1. The van der Waals surface area contributed by atoms with E-state index >= 15 is 0 Å². The van der Waals surface area contributed by atoms with Gasteiger partial charge < -0.3 is 13.9 Å². The number of carbonyl (C=O) groups is 1. The van der Waals surface area contributed by atoms with Crippen molar-refractivity contribution in [1.29, 1.82) is 0 Å². The van der Waals surface area contributed by atoms with Crippen LogP contribution in [0.2, 0.25) is 0 Å². The third kappa shape index (κ3) is 3.24. The van der Waals surface area contributed by atoms with Crippen molar-refractivity contribution in [3.8, 4) is 0 Å². The molecule has 0 atom stereocenters. The first-order chi connectivity index (χ1) is 11.0. The van der Waals surface area contributed by atoms with Crippen LogP contribution in [-0.4, -0.2) is 21.0 Å². The molecule has 0 aliphatic carbocycles. The van der Waals surface area contributed by atoms with Gasteiger partial charge in [-0.15, -0.1) is 0 Å². The first-order valence-electron chi connectivity index (χ1n) is 6.25. The number of carboxylic acids is 1. The number of aliphatic carboxylic acids is 1. The second-order valence-electron chi connectivity index (χ2n) is 4.30. The Morgan fingerprint density at radius 1 is 1.26 bits per heavy atom. The third-order valence-electron chi connectivity index (χ3n) is 2.75. The molecule has 0 saturated heterocycles. The van der Waals surface area contributed by atoms with Crippen LogP contribution >= 0.6 is 11.8 Å². The Labute approximate surface area is 132 Å². The zero-order valence-corrected chi connectivity index (χ0v) is 12.1. The van der Waals surface area contributed by atoms with Gasteiger partial charge in [0.1, 0.15) is 21.1 Å². The second-order valence-corrected chi connectivity index (χ2v) is 5.29. The fourth-order valence-corrected chi connectivity index (χ4v) is 2.50. The highest BCUT2D eigenvalue weighted by Gasteiger charge is 2.17. The predicted molar refractivity (Wildman–Crippen MR) is 80.8 cm³/mol. The molecule has 9 heteroatoms. The van der Waals surface area contributed by atoms with E-state index in [2.05, 4.69) is 4.98 Å². The van der Waals surface area contributed by atoms with E-state index in [4.69, 9.17) is 8.83 Å². The molecule has 0 amide bonds. The normalized spacial score (nSPS) is 11.7. The molecule has 0 saturated carbocycles. The summed E-state index contributed by atoms with van der Waals surface area (Å²) in [6.45, 7) is 0. The third-order valence-corrected chi connectivity index (χ3v) is 3.61. The van der Waals surface area contributed by atoms with Gasteiger partial charge in [-0.1, -0.05) is 12.1 Å². The maximum absolute atomic E-state index is 11.3. The topological polar surface area (TPSA) is 120 Å². The van der Waals surface area contributed by atoms with Gasteiger partial charge >= 0.3 is 11.9 Å². The molecule has 3 aromatic rings. The largest absolute Gasteiger partial charge is 0.477 e. The van der Waals surface area contributed by atoms with E-state index in [9.17, 15) is 20.0 Å². The summed E-state index contributed by atoms with van der Waals surface area (Å²) >= 11 is 0.789. The van der Waals surface area contributed by atoms with Gasteiger partial charge in [0.05, 0.1) is 6.07 Å². The summed E-state index contributed by atoms with van der Waals surface area (Å²) in [7, 11) is 0. The monoisotopic (exact) mass is 332 g/mol. The number of furan rings is 1. The van der Waals surface area contributed by atoms with Crippen molar-refractivity contribution < 1.29 is 23.7 Å². The Hall–Kier alpha value is -3.07. The summed E-state index contributed by atoms with van der Waals surface area (Å²) in [6, 6.07) is 9.48. The molecule has 0 spiro atoms. The van der Waals surface area contributed by atoms with Crippen LogP contribution in [0.25, 0.3) is 17.2 Å². The summed E-state index contributed by atoms with van der Waals surface area (Å²) in [4.78, 5) is 25.2. The van der Waals surface area contributed by atoms with Gasteiger partial charge in [-0.3, -0.25) is 10.1 Å². The van der Waals surface area contributed by atoms with Gasteiger partial charge in [0.25, 0.3) is 5.22 Å². The molecule has 23 heavy (non-hydrogen) atoms. The molecular weight excluding hydrogens is 324 g/mol. The number of para-hydroxylation sites is 2. The average Bonchev–Trinajstić information content (AvgIpc) is 3.12. The molecule has 0 radical (unpaired) electrons. The van der Waals surface area contributed by atoms with Crippen LogP contribution in [0.5, 0.6) is 0 Å². The van der Waals surface area contributed by atoms with Gasteiger partial charge in [0.15, 0.2) is 5.58 Å². The lowest BCUT2D eigenvalue weighted by molar-refractivity contribution is -0.402. The molecule has 0 aliphatic heterocycles. The van der Waals surface area contributed by atoms with Crippen LogP contribution in [0.4, 0.5) is 5.88 Å². The highest BCUT2D eigenvalue weighted by Crippen LogP contribution is 2.31. The maximum atomic E-state index is 11.3. The van der Waals surface area contributed by atoms with Crippen LogP contribution in [0.1, 0.15) is 5.76 Å². The number of benzene rings is 1. The molecule has 0 bridgehead atoms. The van der Waals surface area contributed by atoms with Crippen molar-refractivity contribution in [3.63, 3.8) is 0 Å². The highest BCUT2D eigenvalue weighted by molar-refractivity contribution is 8.03. The number of nitro groups is 1. The lowest BCUT2D eigenvalue weighted by Crippen LogP contribution is -1.96. The first kappa shape index (κ1) is 14.9. The zero-order chi connectivity index (χ0) is 16.4. The molecule has 8 nitrogen and oxygen atoms in total. The predicted octanol–water partition coefficient (Wildman–Crippen LogP) is 3.55. The number of hydrogen-bond acceptors (Lipinski definition) is 7. The first-order valence-corrected chi connectivity index (χ1v) is 7.07. The summed E-state index contributed by atoms with van der Waals surface area (Å²) in [5.41, 5.74) is 1.14. The van der Waals surface area contributed by atoms with Crippen molar-refractivity contribution in [3.05, 3.63) is 57.2 Å². The molecule has 0 aliphatic rings. The SMILES string of the molecule is O=C(O)/C(=C\c1ccc([N+](=O)[O-])o1)Sc1nc2ccccc2o1. The van der Waals surface area contributed by atoms with E-state index in [1.807, 2.05) is 0 Å². The van der Waals surface area contributed by atoms with Gasteiger partial charge in [-0.25, -0.2) is 9.78 Å². The molecule has 0 unspecified atom stereocenters. The highest BCUT2D eigenvalue weighted by atomic mass is 32.2. The van der Waals surface area contributed by atoms with E-state index in [1.165, 1.54) is 12.1 Å². The van der Waals surface area contributed by atoms with Gasteiger partial charge in [0.2, 0.25) is 0 Å². The van der Waals surface area contributed by atoms with E-state index in [-0.39, 0.29) is 15.9 Å². The van der Waals surface area contributed by atoms with Crippen LogP contribution in [-0.2, 0) is 4.79 Å². The van der Waals surface area contributed by atoms with E-state index in [0.29, 0.717) is 11.1 Å². The number of oxazole rings is 1. The Balaban J connectivity index is 1.90. The quantitative estimate of drug-likeness (QED) is 0.326. The van der Waals surface area contributed by atoms with E-state index in [0.717, 1.165) is 17.8 Å². The summed E-state index contributed by atoms with van der Waals surface area (Å²) in [5.74, 6) is -1.64. The summed E-state index contributed by atoms with van der Waals surface area (Å²) in [5, 5.41) is 20.0. The van der Waals surface area contributed by atoms with Gasteiger partial charge in [0, 0.05) is 6.08 Å². The number of hydrogen-bond donors (Lipinski definition) is 1. The number of nitrogens with zero attached hydrogens (tertiary/aromatic N) is 2. The Bertz CT molecular complexity index is 893. The second kappa shape index (κ2) is 5.97. The van der Waals surface area contributed by atoms with Crippen LogP contribution in [0.15, 0.2) is 55.4 Å². The Kier molecular flexibility index (Phi) is 3.85. The van der Waals surface area contributed by atoms with Crippen LogP contribution in [0.3, 0.4) is 0 Å². The van der Waals surface area contributed by atoms with Gasteiger partial charge in [-0.2, -0.15) is 0 Å². The zero-order valence-electron chi connectivity index (χ0n) is 11.3. The lowest BCUT2D eigenvalue weighted by Gasteiger charge is -1.96. The van der Waals surface area contributed by atoms with Crippen molar-refractivity contribution in [2.75, 3.05) is 0 Å². The minimum absolute atomic E-state index is 0.0534. The van der Waals surface area contributed by atoms with Crippen LogP contribution < -0.4 is 0 Å². The average molecular weight is 332 g/mol. The van der Waals surface area contributed by atoms with Crippen LogP contribution in [0, 0.1) is 10.1 Å². The fraction of sp³-hybridized carbons (Fsp3) is 0. The lowest BCUT2D eigenvalue weighted by atomic mass is 10.3. The summed E-state index contributed by atoms with van der Waals surface area (Å²) < 4.78 is 10.4. The number of thioether (sulfide) groups is 1. The standard InChI is InChI=1S/C14H8N2O6S/c17-13(18)11(7-8-5-6-12(21-8)16(19)20)23-14-15-9-3-1-2-4-10(9)22-14/h1-7H,(H,17,18)/b11-7+. The number of fused-ring (bicyclic) bond motifs is 1. The molecule has 0 fully saturated rings. The molecule has 116 valence electrons. The minimum Gasteiger partial charge on any atom is -0.477 e. The fourth-order valence-electron chi connectivity index (χ4n) is 1.77. The van der Waals surface area contributed by atoms with E-state index < -0.39 is 16.8 Å². The van der Waals surface area contributed by atoms with Crippen molar-refractivity contribution in [2.45, 2.75) is 5.22 Å². The van der Waals surface area contributed by atoms with E-state index in [1.54, 1.807) is 24.3 Å². The molecular formula is C14H8N2O6S. The smallest absolute Gasteiger partial charge is 0.433 e.